The van der Waals surface area contributed by atoms with E-state index < -0.39 is 34.6 Å². The molecular formula is C21H18ClF5N6. The van der Waals surface area contributed by atoms with E-state index in [0.29, 0.717) is 23.3 Å². The fourth-order valence-electron chi connectivity index (χ4n) is 4.36. The van der Waals surface area contributed by atoms with Crippen LogP contribution in [0.3, 0.4) is 0 Å². The van der Waals surface area contributed by atoms with Gasteiger partial charge < -0.3 is 10.6 Å². The lowest BCUT2D eigenvalue weighted by molar-refractivity contribution is -0.138. The third-order valence-corrected chi connectivity index (χ3v) is 6.48. The highest BCUT2D eigenvalue weighted by Crippen LogP contribution is 2.49. The number of halogens is 6. The number of hydrogen-bond donors (Lipinski definition) is 2. The lowest BCUT2D eigenvalue weighted by atomic mass is 10.0. The Bertz CT molecular complexity index is 1220. The molecule has 1 saturated carbocycles. The molecule has 2 aromatic heterocycles. The van der Waals surface area contributed by atoms with Gasteiger partial charge in [-0.05, 0) is 55.5 Å². The monoisotopic (exact) mass is 484 g/mol. The summed E-state index contributed by atoms with van der Waals surface area (Å²) < 4.78 is 70.9. The molecule has 3 heterocycles. The van der Waals surface area contributed by atoms with Crippen LogP contribution >= 0.6 is 11.6 Å². The summed E-state index contributed by atoms with van der Waals surface area (Å²) in [5, 5.41) is 8.92. The predicted octanol–water partition coefficient (Wildman–Crippen LogP) is 4.56. The van der Waals surface area contributed by atoms with Crippen LogP contribution < -0.4 is 10.6 Å². The standard InChI is InChI=1S/C21H18ClF5N6/c1-9(21(25,26)27)31-19-17(18(22)32-20-29-8-30-33(19)20)16-14(23)4-10(5-15(16)24)2-3-11-12-6-28-7-13(11)12/h2-5,8-9,11-13,28,31H,6-7H2,1H3/b3-2+/t9-,11?,12-,13+/m0/s1. The van der Waals surface area contributed by atoms with Crippen molar-refractivity contribution in [2.75, 3.05) is 18.4 Å². The number of allylic oxidation sites excluding steroid dienone is 1. The van der Waals surface area contributed by atoms with Gasteiger partial charge in [-0.25, -0.2) is 8.78 Å². The number of hydrogen-bond acceptors (Lipinski definition) is 5. The summed E-state index contributed by atoms with van der Waals surface area (Å²) in [6.45, 7) is 2.73. The lowest BCUT2D eigenvalue weighted by Crippen LogP contribution is -2.34. The van der Waals surface area contributed by atoms with Crippen molar-refractivity contribution in [3.05, 3.63) is 46.9 Å². The maximum absolute atomic E-state index is 15.2. The van der Waals surface area contributed by atoms with Gasteiger partial charge in [-0.2, -0.15) is 32.8 Å². The minimum atomic E-state index is -4.64. The second kappa shape index (κ2) is 7.91. The van der Waals surface area contributed by atoms with Gasteiger partial charge in [-0.15, -0.1) is 0 Å². The Morgan fingerprint density at radius 3 is 2.48 bits per heavy atom. The van der Waals surface area contributed by atoms with E-state index in [1.807, 2.05) is 6.08 Å². The van der Waals surface area contributed by atoms with Gasteiger partial charge in [0.2, 0.25) is 0 Å². The van der Waals surface area contributed by atoms with Gasteiger partial charge in [0.05, 0.1) is 11.1 Å². The van der Waals surface area contributed by atoms with Crippen LogP contribution in [0.25, 0.3) is 23.0 Å². The van der Waals surface area contributed by atoms with Gasteiger partial charge in [0.1, 0.15) is 35.0 Å². The Balaban J connectivity index is 1.56. The molecular weight excluding hydrogens is 467 g/mol. The third-order valence-electron chi connectivity index (χ3n) is 6.21. The van der Waals surface area contributed by atoms with Gasteiger partial charge in [-0.1, -0.05) is 23.8 Å². The van der Waals surface area contributed by atoms with Crippen molar-refractivity contribution in [2.45, 2.75) is 19.1 Å². The summed E-state index contributed by atoms with van der Waals surface area (Å²) in [6, 6.07) is 0.164. The fraction of sp³-hybridized carbons (Fsp3) is 0.381. The highest BCUT2D eigenvalue weighted by Gasteiger charge is 2.50. The molecule has 4 atom stereocenters. The Morgan fingerprint density at radius 1 is 1.18 bits per heavy atom. The summed E-state index contributed by atoms with van der Waals surface area (Å²) in [6.07, 6.45) is 0.0138. The Kier molecular flexibility index (Phi) is 5.28. The van der Waals surface area contributed by atoms with Crippen LogP contribution in [-0.2, 0) is 0 Å². The van der Waals surface area contributed by atoms with E-state index in [1.165, 1.54) is 0 Å². The van der Waals surface area contributed by atoms with E-state index in [9.17, 15) is 13.2 Å². The van der Waals surface area contributed by atoms with Crippen LogP contribution in [0.1, 0.15) is 12.5 Å². The fourth-order valence-corrected chi connectivity index (χ4v) is 4.62. The topological polar surface area (TPSA) is 67.1 Å². The average Bonchev–Trinajstić information content (AvgIpc) is 3.09. The van der Waals surface area contributed by atoms with Crippen molar-refractivity contribution >= 4 is 29.3 Å². The number of rotatable bonds is 5. The highest BCUT2D eigenvalue weighted by molar-refractivity contribution is 6.33. The molecule has 1 aliphatic heterocycles. The first-order chi connectivity index (χ1) is 15.6. The van der Waals surface area contributed by atoms with E-state index in [-0.39, 0.29) is 17.2 Å². The normalized spacial score (nSPS) is 23.3. The van der Waals surface area contributed by atoms with E-state index >= 15 is 8.78 Å². The van der Waals surface area contributed by atoms with E-state index in [4.69, 9.17) is 11.6 Å². The summed E-state index contributed by atoms with van der Waals surface area (Å²) in [5.74, 6) is -0.976. The Hall–Kier alpha value is -2.79. The molecule has 1 saturated heterocycles. The van der Waals surface area contributed by atoms with Crippen LogP contribution in [-0.4, -0.2) is 44.9 Å². The Labute approximate surface area is 189 Å². The van der Waals surface area contributed by atoms with Crippen LogP contribution in [0.15, 0.2) is 24.5 Å². The second-order valence-electron chi connectivity index (χ2n) is 8.29. The lowest BCUT2D eigenvalue weighted by Gasteiger charge is -2.21. The van der Waals surface area contributed by atoms with E-state index in [2.05, 4.69) is 25.7 Å². The molecule has 0 bridgehead atoms. The molecule has 1 aromatic carbocycles. The molecule has 174 valence electrons. The molecule has 1 aliphatic carbocycles. The van der Waals surface area contributed by atoms with Gasteiger partial charge in [0, 0.05) is 0 Å². The van der Waals surface area contributed by atoms with Crippen LogP contribution in [0.2, 0.25) is 5.15 Å². The minimum absolute atomic E-state index is 0.120. The summed E-state index contributed by atoms with van der Waals surface area (Å²) in [7, 11) is 0. The van der Waals surface area contributed by atoms with Crippen LogP contribution in [0.4, 0.5) is 27.8 Å². The quantitative estimate of drug-likeness (QED) is 0.410. The molecule has 5 rings (SSSR count). The van der Waals surface area contributed by atoms with Crippen molar-refractivity contribution in [3.8, 4) is 11.1 Å². The number of nitrogens with one attached hydrogen (secondary N) is 2. The number of aromatic nitrogens is 4. The molecule has 33 heavy (non-hydrogen) atoms. The van der Waals surface area contributed by atoms with E-state index in [0.717, 1.165) is 43.0 Å². The number of piperidine rings is 1. The maximum Gasteiger partial charge on any atom is 0.408 e. The van der Waals surface area contributed by atoms with Crippen LogP contribution in [0, 0.1) is 29.4 Å². The van der Waals surface area contributed by atoms with E-state index in [1.54, 1.807) is 6.08 Å². The largest absolute Gasteiger partial charge is 0.408 e. The molecule has 0 spiro atoms. The highest BCUT2D eigenvalue weighted by atomic mass is 35.5. The zero-order valence-corrected chi connectivity index (χ0v) is 17.9. The van der Waals surface area contributed by atoms with Gasteiger partial charge in [-0.3, -0.25) is 0 Å². The predicted molar refractivity (Wildman–Crippen MR) is 113 cm³/mol. The molecule has 3 aromatic rings. The number of benzene rings is 1. The van der Waals surface area contributed by atoms with Crippen molar-refractivity contribution in [1.29, 1.82) is 0 Å². The molecule has 0 radical (unpaired) electrons. The average molecular weight is 485 g/mol. The number of anilines is 1. The SMILES string of the molecule is C[C@H](Nc1c(-c2c(F)cc(/C=C/C3[C@H]4CNC[C@@H]34)cc2F)c(Cl)nc2ncnn12)C(F)(F)F. The minimum Gasteiger partial charge on any atom is -0.358 e. The smallest absolute Gasteiger partial charge is 0.358 e. The van der Waals surface area contributed by atoms with Crippen molar-refractivity contribution in [1.82, 2.24) is 24.9 Å². The van der Waals surface area contributed by atoms with Crippen molar-refractivity contribution in [3.63, 3.8) is 0 Å². The molecule has 12 heteroatoms. The first-order valence-corrected chi connectivity index (χ1v) is 10.6. The molecule has 0 amide bonds. The zero-order chi connectivity index (χ0) is 23.5. The summed E-state index contributed by atoms with van der Waals surface area (Å²) >= 11 is 6.18. The first-order valence-electron chi connectivity index (χ1n) is 10.3. The molecule has 2 fully saturated rings. The Morgan fingerprint density at radius 2 is 1.85 bits per heavy atom. The first kappa shape index (κ1) is 22.0. The van der Waals surface area contributed by atoms with Gasteiger partial charge in [0.15, 0.2) is 0 Å². The van der Waals surface area contributed by atoms with Gasteiger partial charge in [0.25, 0.3) is 5.78 Å². The second-order valence-corrected chi connectivity index (χ2v) is 8.65. The number of fused-ring (bicyclic) bond motifs is 2. The summed E-state index contributed by atoms with van der Waals surface area (Å²) in [5.41, 5.74) is -0.679. The van der Waals surface area contributed by atoms with Crippen molar-refractivity contribution < 1.29 is 22.0 Å². The molecule has 1 unspecified atom stereocenters. The van der Waals surface area contributed by atoms with Crippen LogP contribution in [0.5, 0.6) is 0 Å². The molecule has 2 N–H and O–H groups in total. The zero-order valence-electron chi connectivity index (χ0n) is 17.2. The summed E-state index contributed by atoms with van der Waals surface area (Å²) in [4.78, 5) is 7.74. The van der Waals surface area contributed by atoms with Crippen molar-refractivity contribution in [2.24, 2.45) is 17.8 Å². The third kappa shape index (κ3) is 3.93. The number of alkyl halides is 3. The maximum atomic E-state index is 15.2. The number of nitrogens with zero attached hydrogens (tertiary/aromatic N) is 4. The molecule has 2 aliphatic rings. The van der Waals surface area contributed by atoms with Gasteiger partial charge >= 0.3 is 6.18 Å². The molecule has 6 nitrogen and oxygen atoms in total.